The molecule has 116 valence electrons. The summed E-state index contributed by atoms with van der Waals surface area (Å²) in [6.45, 7) is 4.47. The molecule has 0 bridgehead atoms. The Morgan fingerprint density at radius 2 is 2.14 bits per heavy atom. The molecule has 0 aliphatic rings. The summed E-state index contributed by atoms with van der Waals surface area (Å²) in [5.41, 5.74) is 4.00. The van der Waals surface area contributed by atoms with E-state index in [0.717, 1.165) is 28.8 Å². The van der Waals surface area contributed by atoms with Gasteiger partial charge in [0.2, 0.25) is 5.88 Å². The molecule has 5 nitrogen and oxygen atoms in total. The normalized spacial score (nSPS) is 10.1. The lowest BCUT2D eigenvalue weighted by atomic mass is 10.1. The Labute approximate surface area is 130 Å². The van der Waals surface area contributed by atoms with Crippen molar-refractivity contribution in [3.05, 3.63) is 53.2 Å². The van der Waals surface area contributed by atoms with Crippen molar-refractivity contribution < 1.29 is 9.53 Å². The maximum atomic E-state index is 12.1. The molecule has 0 saturated carbocycles. The molecule has 2 rings (SSSR count). The number of carbonyl (C=O) groups excluding carboxylic acids is 1. The number of nitrogens with zero attached hydrogens (tertiary/aromatic N) is 1. The van der Waals surface area contributed by atoms with Gasteiger partial charge in [0, 0.05) is 24.5 Å². The van der Waals surface area contributed by atoms with Crippen molar-refractivity contribution in [2.24, 2.45) is 0 Å². The first-order valence-electron chi connectivity index (χ1n) is 7.26. The van der Waals surface area contributed by atoms with E-state index in [-0.39, 0.29) is 6.03 Å². The van der Waals surface area contributed by atoms with Crippen molar-refractivity contribution >= 4 is 11.7 Å². The molecule has 1 aromatic heterocycles. The smallest absolute Gasteiger partial charge is 0.319 e. The average molecular weight is 299 g/mol. The highest BCUT2D eigenvalue weighted by molar-refractivity contribution is 5.91. The van der Waals surface area contributed by atoms with E-state index in [1.54, 1.807) is 19.4 Å². The molecule has 0 radical (unpaired) electrons. The molecular formula is C17H21N3O2. The number of hydrogen-bond donors (Lipinski definition) is 2. The molecule has 0 fully saturated rings. The Kier molecular flexibility index (Phi) is 5.36. The van der Waals surface area contributed by atoms with Crippen molar-refractivity contribution in [2.45, 2.75) is 26.8 Å². The number of anilines is 1. The number of rotatable bonds is 5. The SMILES string of the molecule is CCc1cccc(C)c1NC(=O)NCc1ccnc(OC)c1. The van der Waals surface area contributed by atoms with Crippen molar-refractivity contribution in [3.63, 3.8) is 0 Å². The molecule has 0 saturated heterocycles. The van der Waals surface area contributed by atoms with Crippen LogP contribution in [0.15, 0.2) is 36.5 Å². The number of hydrogen-bond acceptors (Lipinski definition) is 3. The van der Waals surface area contributed by atoms with Crippen LogP contribution in [-0.4, -0.2) is 18.1 Å². The van der Waals surface area contributed by atoms with Gasteiger partial charge in [0.15, 0.2) is 0 Å². The summed E-state index contributed by atoms with van der Waals surface area (Å²) >= 11 is 0. The molecule has 2 aromatic rings. The van der Waals surface area contributed by atoms with Crippen LogP contribution in [-0.2, 0) is 13.0 Å². The average Bonchev–Trinajstić information content (AvgIpc) is 2.55. The number of aromatic nitrogens is 1. The number of ether oxygens (including phenoxy) is 1. The largest absolute Gasteiger partial charge is 0.481 e. The molecule has 0 unspecified atom stereocenters. The van der Waals surface area contributed by atoms with Gasteiger partial charge in [-0.25, -0.2) is 9.78 Å². The quantitative estimate of drug-likeness (QED) is 0.890. The first-order valence-corrected chi connectivity index (χ1v) is 7.26. The van der Waals surface area contributed by atoms with E-state index in [2.05, 4.69) is 22.5 Å². The van der Waals surface area contributed by atoms with Gasteiger partial charge in [0.05, 0.1) is 7.11 Å². The van der Waals surface area contributed by atoms with E-state index in [1.807, 2.05) is 31.2 Å². The van der Waals surface area contributed by atoms with Crippen LogP contribution in [0.5, 0.6) is 5.88 Å². The lowest BCUT2D eigenvalue weighted by molar-refractivity contribution is 0.251. The number of nitrogens with one attached hydrogen (secondary N) is 2. The van der Waals surface area contributed by atoms with E-state index in [1.165, 1.54) is 0 Å². The standard InChI is InChI=1S/C17H21N3O2/c1-4-14-7-5-6-12(2)16(14)20-17(21)19-11-13-8-9-18-15(10-13)22-3/h5-10H,4,11H2,1-3H3,(H2,19,20,21). The maximum Gasteiger partial charge on any atom is 0.319 e. The highest BCUT2D eigenvalue weighted by atomic mass is 16.5. The Bertz CT molecular complexity index is 656. The summed E-state index contributed by atoms with van der Waals surface area (Å²) in [5.74, 6) is 0.534. The van der Waals surface area contributed by atoms with Gasteiger partial charge in [-0.05, 0) is 36.1 Å². The van der Waals surface area contributed by atoms with Crippen LogP contribution in [0, 0.1) is 6.92 Å². The number of carbonyl (C=O) groups is 1. The van der Waals surface area contributed by atoms with Crippen LogP contribution in [0.2, 0.25) is 0 Å². The third-order valence-corrected chi connectivity index (χ3v) is 3.44. The molecule has 0 spiro atoms. The molecule has 0 aliphatic heterocycles. The zero-order chi connectivity index (χ0) is 15.9. The molecule has 5 heteroatoms. The number of pyridine rings is 1. The summed E-state index contributed by atoms with van der Waals surface area (Å²) in [4.78, 5) is 16.1. The van der Waals surface area contributed by atoms with Gasteiger partial charge in [0.25, 0.3) is 0 Å². The Balaban J connectivity index is 1.99. The van der Waals surface area contributed by atoms with Crippen LogP contribution in [0.3, 0.4) is 0 Å². The van der Waals surface area contributed by atoms with Crippen LogP contribution in [0.25, 0.3) is 0 Å². The minimum atomic E-state index is -0.222. The topological polar surface area (TPSA) is 63.2 Å². The summed E-state index contributed by atoms with van der Waals surface area (Å²) in [6, 6.07) is 9.43. The fourth-order valence-corrected chi connectivity index (χ4v) is 2.21. The summed E-state index contributed by atoms with van der Waals surface area (Å²) in [7, 11) is 1.57. The highest BCUT2D eigenvalue weighted by Gasteiger charge is 2.08. The predicted octanol–water partition coefficient (Wildman–Crippen LogP) is 3.28. The number of benzene rings is 1. The summed E-state index contributed by atoms with van der Waals surface area (Å²) < 4.78 is 5.06. The molecule has 0 atom stereocenters. The van der Waals surface area contributed by atoms with E-state index in [0.29, 0.717) is 12.4 Å². The lowest BCUT2D eigenvalue weighted by Gasteiger charge is -2.13. The fourth-order valence-electron chi connectivity index (χ4n) is 2.21. The summed E-state index contributed by atoms with van der Waals surface area (Å²) in [5, 5.41) is 5.78. The van der Waals surface area contributed by atoms with Gasteiger partial charge >= 0.3 is 6.03 Å². The third kappa shape index (κ3) is 3.97. The second-order valence-electron chi connectivity index (χ2n) is 4.98. The number of amides is 2. The van der Waals surface area contributed by atoms with Gasteiger partial charge in [0.1, 0.15) is 0 Å². The molecule has 1 aromatic carbocycles. The van der Waals surface area contributed by atoms with Crippen molar-refractivity contribution in [1.29, 1.82) is 0 Å². The van der Waals surface area contributed by atoms with E-state index in [4.69, 9.17) is 4.74 Å². The molecule has 2 amide bonds. The molecular weight excluding hydrogens is 278 g/mol. The molecule has 22 heavy (non-hydrogen) atoms. The Morgan fingerprint density at radius 3 is 2.86 bits per heavy atom. The fraction of sp³-hybridized carbons (Fsp3) is 0.294. The minimum absolute atomic E-state index is 0.222. The maximum absolute atomic E-state index is 12.1. The van der Waals surface area contributed by atoms with Crippen molar-refractivity contribution in [3.8, 4) is 5.88 Å². The van der Waals surface area contributed by atoms with Crippen LogP contribution < -0.4 is 15.4 Å². The zero-order valence-electron chi connectivity index (χ0n) is 13.1. The van der Waals surface area contributed by atoms with Crippen LogP contribution in [0.1, 0.15) is 23.6 Å². The van der Waals surface area contributed by atoms with E-state index in [9.17, 15) is 4.79 Å². The van der Waals surface area contributed by atoms with E-state index < -0.39 is 0 Å². The lowest BCUT2D eigenvalue weighted by Crippen LogP contribution is -2.29. The highest BCUT2D eigenvalue weighted by Crippen LogP contribution is 2.20. The van der Waals surface area contributed by atoms with Gasteiger partial charge in [-0.1, -0.05) is 25.1 Å². The van der Waals surface area contributed by atoms with Crippen molar-refractivity contribution in [1.82, 2.24) is 10.3 Å². The Hall–Kier alpha value is -2.56. The second-order valence-corrected chi connectivity index (χ2v) is 4.98. The van der Waals surface area contributed by atoms with Crippen LogP contribution in [0.4, 0.5) is 10.5 Å². The third-order valence-electron chi connectivity index (χ3n) is 3.44. The Morgan fingerprint density at radius 1 is 1.32 bits per heavy atom. The molecule has 1 heterocycles. The number of para-hydroxylation sites is 1. The van der Waals surface area contributed by atoms with Gasteiger partial charge in [-0.2, -0.15) is 0 Å². The van der Waals surface area contributed by atoms with Gasteiger partial charge in [-0.15, -0.1) is 0 Å². The van der Waals surface area contributed by atoms with E-state index >= 15 is 0 Å². The minimum Gasteiger partial charge on any atom is -0.481 e. The second kappa shape index (κ2) is 7.45. The van der Waals surface area contributed by atoms with Gasteiger partial charge in [-0.3, -0.25) is 0 Å². The van der Waals surface area contributed by atoms with Crippen molar-refractivity contribution in [2.75, 3.05) is 12.4 Å². The predicted molar refractivity (Wildman–Crippen MR) is 87.2 cm³/mol. The van der Waals surface area contributed by atoms with Crippen LogP contribution >= 0.6 is 0 Å². The van der Waals surface area contributed by atoms with Gasteiger partial charge < -0.3 is 15.4 Å². The summed E-state index contributed by atoms with van der Waals surface area (Å²) in [6.07, 6.45) is 2.53. The molecule has 2 N–H and O–H groups in total. The molecule has 0 aliphatic carbocycles. The number of aryl methyl sites for hydroxylation is 2. The number of methoxy groups -OCH3 is 1. The first kappa shape index (κ1) is 15.8. The monoisotopic (exact) mass is 299 g/mol. The zero-order valence-corrected chi connectivity index (χ0v) is 13.1. The number of urea groups is 1. The first-order chi connectivity index (χ1) is 10.6.